The maximum absolute atomic E-state index is 11.7. The van der Waals surface area contributed by atoms with Gasteiger partial charge in [-0.25, -0.2) is 0 Å². The van der Waals surface area contributed by atoms with Crippen molar-refractivity contribution in [1.82, 2.24) is 16.0 Å². The van der Waals surface area contributed by atoms with Crippen LogP contribution in [0, 0.1) is 0 Å². The minimum absolute atomic E-state index is 0. The smallest absolute Gasteiger partial charge is 0.236 e. The Kier molecular flexibility index (Phi) is 22.1. The van der Waals surface area contributed by atoms with Crippen LogP contribution in [0.15, 0.2) is 0 Å². The van der Waals surface area contributed by atoms with Gasteiger partial charge in [0.25, 0.3) is 0 Å². The van der Waals surface area contributed by atoms with Crippen LogP contribution < -0.4 is 33.2 Å². The third kappa shape index (κ3) is 17.9. The lowest BCUT2D eigenvalue weighted by Crippen LogP contribution is -2.41. The number of hydrogen-bond acceptors (Lipinski definition) is 6. The number of rotatable bonds is 17. The Balaban J connectivity index is 0. The summed E-state index contributed by atoms with van der Waals surface area (Å²) in [6.45, 7) is 6.09. The summed E-state index contributed by atoms with van der Waals surface area (Å²) in [6.07, 6.45) is 6.85. The minimum atomic E-state index is -0.402. The molecule has 7 nitrogen and oxygen atoms in total. The monoisotopic (exact) mass is 366 g/mol. The van der Waals surface area contributed by atoms with E-state index in [9.17, 15) is 4.79 Å². The van der Waals surface area contributed by atoms with Crippen molar-refractivity contribution in [2.24, 2.45) is 17.2 Å². The average Bonchev–Trinajstić information content (AvgIpc) is 2.55. The third-order valence-electron chi connectivity index (χ3n) is 3.65. The van der Waals surface area contributed by atoms with Crippen molar-refractivity contribution < 1.29 is 4.79 Å². The molecule has 0 aromatic carbocycles. The van der Waals surface area contributed by atoms with Crippen LogP contribution in [0.3, 0.4) is 0 Å². The van der Waals surface area contributed by atoms with E-state index in [1.54, 1.807) is 0 Å². The summed E-state index contributed by atoms with van der Waals surface area (Å²) in [5.41, 5.74) is 16.7. The molecule has 0 saturated heterocycles. The van der Waals surface area contributed by atoms with Gasteiger partial charge in [-0.05, 0) is 77.8 Å². The fourth-order valence-electron chi connectivity index (χ4n) is 2.17. The second-order valence-corrected chi connectivity index (χ2v) is 5.88. The van der Waals surface area contributed by atoms with Crippen LogP contribution >= 0.6 is 12.4 Å². The highest BCUT2D eigenvalue weighted by molar-refractivity contribution is 5.85. The number of carbonyl (C=O) groups excluding carboxylic acids is 1. The molecule has 0 rings (SSSR count). The van der Waals surface area contributed by atoms with Gasteiger partial charge in [-0.2, -0.15) is 0 Å². The van der Waals surface area contributed by atoms with Crippen molar-refractivity contribution in [3.63, 3.8) is 0 Å². The van der Waals surface area contributed by atoms with E-state index in [-0.39, 0.29) is 18.3 Å². The highest BCUT2D eigenvalue weighted by Crippen LogP contribution is 1.97. The number of nitrogens with one attached hydrogen (secondary N) is 3. The first-order chi connectivity index (χ1) is 11.2. The molecule has 0 heterocycles. The Labute approximate surface area is 153 Å². The molecule has 1 amide bonds. The fourth-order valence-corrected chi connectivity index (χ4v) is 2.17. The molecule has 0 unspecified atom stereocenters. The van der Waals surface area contributed by atoms with Gasteiger partial charge in [-0.15, -0.1) is 12.4 Å². The van der Waals surface area contributed by atoms with Gasteiger partial charge in [0, 0.05) is 6.54 Å². The maximum atomic E-state index is 11.7. The molecule has 1 atom stereocenters. The number of unbranched alkanes of at least 4 members (excludes halogenated alkanes) is 2. The van der Waals surface area contributed by atoms with E-state index in [4.69, 9.17) is 17.2 Å². The summed E-state index contributed by atoms with van der Waals surface area (Å²) in [5, 5.41) is 9.64. The lowest BCUT2D eigenvalue weighted by molar-refractivity contribution is -0.122. The number of nitrogens with two attached hydrogens (primary N) is 3. The summed E-state index contributed by atoms with van der Waals surface area (Å²) >= 11 is 0. The predicted molar refractivity (Wildman–Crippen MR) is 104 cm³/mol. The van der Waals surface area contributed by atoms with E-state index in [0.29, 0.717) is 19.5 Å². The van der Waals surface area contributed by atoms with Gasteiger partial charge in [0.1, 0.15) is 0 Å². The first kappa shape index (κ1) is 25.8. The van der Waals surface area contributed by atoms with Crippen molar-refractivity contribution >= 4 is 18.3 Å². The van der Waals surface area contributed by atoms with Gasteiger partial charge in [-0.1, -0.05) is 6.42 Å². The number of halogens is 1. The summed E-state index contributed by atoms with van der Waals surface area (Å²) in [5.74, 6) is -0.0504. The molecule has 0 saturated carbocycles. The van der Waals surface area contributed by atoms with Gasteiger partial charge in [0.2, 0.25) is 5.91 Å². The summed E-state index contributed by atoms with van der Waals surface area (Å²) in [7, 11) is 0. The number of hydrogen-bond donors (Lipinski definition) is 6. The van der Waals surface area contributed by atoms with Crippen LogP contribution in [0.2, 0.25) is 0 Å². The minimum Gasteiger partial charge on any atom is -0.355 e. The molecule has 0 aliphatic carbocycles. The summed E-state index contributed by atoms with van der Waals surface area (Å²) in [4.78, 5) is 11.7. The third-order valence-corrected chi connectivity index (χ3v) is 3.65. The van der Waals surface area contributed by atoms with Crippen LogP contribution in [-0.2, 0) is 4.79 Å². The fraction of sp³-hybridized carbons (Fsp3) is 0.938. The van der Waals surface area contributed by atoms with Crippen molar-refractivity contribution in [1.29, 1.82) is 0 Å². The maximum Gasteiger partial charge on any atom is 0.236 e. The highest BCUT2D eigenvalue weighted by Gasteiger charge is 2.11. The lowest BCUT2D eigenvalue weighted by atomic mass is 10.1. The molecule has 0 aromatic rings. The van der Waals surface area contributed by atoms with Gasteiger partial charge in [-0.3, -0.25) is 4.79 Å². The molecule has 146 valence electrons. The Morgan fingerprint density at radius 2 is 1.29 bits per heavy atom. The van der Waals surface area contributed by atoms with Gasteiger partial charge >= 0.3 is 0 Å². The molecule has 0 bridgehead atoms. The quantitative estimate of drug-likeness (QED) is 0.195. The first-order valence-corrected chi connectivity index (χ1v) is 9.07. The van der Waals surface area contributed by atoms with Crippen LogP contribution in [0.25, 0.3) is 0 Å². The topological polar surface area (TPSA) is 131 Å². The van der Waals surface area contributed by atoms with Gasteiger partial charge in [0.15, 0.2) is 0 Å². The zero-order valence-electron chi connectivity index (χ0n) is 15.0. The average molecular weight is 367 g/mol. The standard InChI is InChI=1S/C16H38N6O.ClH/c17-8-2-1-7-15(19)16(23)22-14-6-13-21-11-4-3-10-20-12-5-9-18;/h15,20-21H,1-14,17-19H2,(H,22,23);1H/t15-;/m0./s1. The summed E-state index contributed by atoms with van der Waals surface area (Å²) in [6, 6.07) is -0.402. The molecule has 0 aliphatic heterocycles. The molecular formula is C16H39ClN6O. The summed E-state index contributed by atoms with van der Waals surface area (Å²) < 4.78 is 0. The highest BCUT2D eigenvalue weighted by atomic mass is 35.5. The van der Waals surface area contributed by atoms with E-state index in [1.165, 1.54) is 6.42 Å². The van der Waals surface area contributed by atoms with Gasteiger partial charge < -0.3 is 33.2 Å². The SMILES string of the molecule is Cl.NCCCC[C@H](N)C(=O)NCCCNCCCCNCCCN. The van der Waals surface area contributed by atoms with Crippen LogP contribution in [0.4, 0.5) is 0 Å². The molecule has 9 N–H and O–H groups in total. The van der Waals surface area contributed by atoms with E-state index in [2.05, 4.69) is 16.0 Å². The largest absolute Gasteiger partial charge is 0.355 e. The Hall–Kier alpha value is -0.440. The van der Waals surface area contributed by atoms with Crippen LogP contribution in [0.1, 0.15) is 44.9 Å². The lowest BCUT2D eigenvalue weighted by Gasteiger charge is -2.12. The molecule has 0 radical (unpaired) electrons. The number of carbonyl (C=O) groups is 1. The molecular weight excluding hydrogens is 328 g/mol. The predicted octanol–water partition coefficient (Wildman–Crippen LogP) is -0.321. The second-order valence-electron chi connectivity index (χ2n) is 5.88. The van der Waals surface area contributed by atoms with Gasteiger partial charge in [0.05, 0.1) is 6.04 Å². The normalized spacial score (nSPS) is 11.8. The van der Waals surface area contributed by atoms with Crippen molar-refractivity contribution in [3.05, 3.63) is 0 Å². The van der Waals surface area contributed by atoms with Crippen LogP contribution in [-0.4, -0.2) is 57.8 Å². The van der Waals surface area contributed by atoms with E-state index < -0.39 is 6.04 Å². The van der Waals surface area contributed by atoms with E-state index in [0.717, 1.165) is 64.8 Å². The second kappa shape index (κ2) is 20.6. The molecule has 0 aromatic heterocycles. The number of amides is 1. The van der Waals surface area contributed by atoms with E-state index in [1.807, 2.05) is 0 Å². The van der Waals surface area contributed by atoms with E-state index >= 15 is 0 Å². The zero-order chi connectivity index (χ0) is 17.2. The first-order valence-electron chi connectivity index (χ1n) is 9.07. The van der Waals surface area contributed by atoms with Crippen LogP contribution in [0.5, 0.6) is 0 Å². The molecule has 8 heteroatoms. The Bertz CT molecular complexity index is 271. The molecule has 24 heavy (non-hydrogen) atoms. The zero-order valence-corrected chi connectivity index (χ0v) is 15.8. The van der Waals surface area contributed by atoms with Crippen molar-refractivity contribution in [3.8, 4) is 0 Å². The molecule has 0 spiro atoms. The van der Waals surface area contributed by atoms with Crippen molar-refractivity contribution in [2.75, 3.05) is 45.8 Å². The van der Waals surface area contributed by atoms with Crippen molar-refractivity contribution in [2.45, 2.75) is 51.0 Å². The molecule has 0 fully saturated rings. The molecule has 0 aliphatic rings. The Morgan fingerprint density at radius 1 is 0.750 bits per heavy atom. The Morgan fingerprint density at radius 3 is 1.88 bits per heavy atom.